The number of benzene rings is 2. The van der Waals surface area contributed by atoms with Crippen molar-refractivity contribution in [1.29, 1.82) is 0 Å². The van der Waals surface area contributed by atoms with Gasteiger partial charge in [0.1, 0.15) is 0 Å². The third-order valence-electron chi connectivity index (χ3n) is 4.15. The monoisotopic (exact) mass is 387 g/mol. The summed E-state index contributed by atoms with van der Waals surface area (Å²) in [6.45, 7) is 4.83. The first-order valence-electron chi connectivity index (χ1n) is 9.06. The SMILES string of the molecule is CC(C)C(NC(=O)CCNC(=O)NCc1ccccc1)c1ccc(Cl)cc1. The van der Waals surface area contributed by atoms with Gasteiger partial charge in [0.2, 0.25) is 5.91 Å². The smallest absolute Gasteiger partial charge is 0.315 e. The lowest BCUT2D eigenvalue weighted by molar-refractivity contribution is -0.122. The minimum Gasteiger partial charge on any atom is -0.349 e. The normalized spacial score (nSPS) is 11.7. The minimum absolute atomic E-state index is 0.0957. The molecule has 2 aromatic carbocycles. The lowest BCUT2D eigenvalue weighted by Crippen LogP contribution is -2.38. The average Bonchev–Trinajstić information content (AvgIpc) is 2.66. The van der Waals surface area contributed by atoms with Crippen molar-refractivity contribution in [2.45, 2.75) is 32.9 Å². The first kappa shape index (κ1) is 20.8. The largest absolute Gasteiger partial charge is 0.349 e. The summed E-state index contributed by atoms with van der Waals surface area (Å²) in [6, 6.07) is 16.7. The van der Waals surface area contributed by atoms with Crippen LogP contribution >= 0.6 is 11.6 Å². The number of hydrogen-bond acceptors (Lipinski definition) is 2. The first-order chi connectivity index (χ1) is 13.0. The van der Waals surface area contributed by atoms with Gasteiger partial charge in [0.25, 0.3) is 0 Å². The van der Waals surface area contributed by atoms with E-state index >= 15 is 0 Å². The van der Waals surface area contributed by atoms with Crippen molar-refractivity contribution in [1.82, 2.24) is 16.0 Å². The van der Waals surface area contributed by atoms with Crippen LogP contribution in [-0.4, -0.2) is 18.5 Å². The van der Waals surface area contributed by atoms with Gasteiger partial charge in [-0.15, -0.1) is 0 Å². The molecule has 27 heavy (non-hydrogen) atoms. The van der Waals surface area contributed by atoms with Crippen LogP contribution in [0.15, 0.2) is 54.6 Å². The Morgan fingerprint density at radius 3 is 2.26 bits per heavy atom. The van der Waals surface area contributed by atoms with Crippen LogP contribution < -0.4 is 16.0 Å². The minimum atomic E-state index is -0.287. The Bertz CT molecular complexity index is 733. The lowest BCUT2D eigenvalue weighted by atomic mass is 9.96. The van der Waals surface area contributed by atoms with E-state index in [1.807, 2.05) is 54.6 Å². The molecule has 0 aliphatic rings. The van der Waals surface area contributed by atoms with E-state index < -0.39 is 0 Å². The highest BCUT2D eigenvalue weighted by atomic mass is 35.5. The fourth-order valence-corrected chi connectivity index (χ4v) is 2.81. The Morgan fingerprint density at radius 1 is 0.963 bits per heavy atom. The predicted octanol–water partition coefficient (Wildman–Crippen LogP) is 4.04. The highest BCUT2D eigenvalue weighted by molar-refractivity contribution is 6.30. The molecule has 0 saturated heterocycles. The van der Waals surface area contributed by atoms with Gasteiger partial charge >= 0.3 is 6.03 Å². The zero-order valence-corrected chi connectivity index (χ0v) is 16.4. The van der Waals surface area contributed by atoms with Crippen LogP contribution in [-0.2, 0) is 11.3 Å². The van der Waals surface area contributed by atoms with E-state index in [0.717, 1.165) is 11.1 Å². The van der Waals surface area contributed by atoms with Gasteiger partial charge in [-0.3, -0.25) is 4.79 Å². The molecule has 1 unspecified atom stereocenters. The van der Waals surface area contributed by atoms with Crippen molar-refractivity contribution in [2.75, 3.05) is 6.54 Å². The Kier molecular flexibility index (Phi) is 8.14. The van der Waals surface area contributed by atoms with Crippen LogP contribution in [0.1, 0.15) is 37.4 Å². The molecule has 1 atom stereocenters. The van der Waals surface area contributed by atoms with E-state index in [9.17, 15) is 9.59 Å². The molecule has 0 fully saturated rings. The van der Waals surface area contributed by atoms with Crippen molar-refractivity contribution < 1.29 is 9.59 Å². The van der Waals surface area contributed by atoms with Gasteiger partial charge in [-0.1, -0.05) is 67.9 Å². The van der Waals surface area contributed by atoms with Crippen molar-refractivity contribution in [2.24, 2.45) is 5.92 Å². The third-order valence-corrected chi connectivity index (χ3v) is 4.40. The quantitative estimate of drug-likeness (QED) is 0.639. The molecule has 0 radical (unpaired) electrons. The molecule has 3 amide bonds. The lowest BCUT2D eigenvalue weighted by Gasteiger charge is -2.23. The molecule has 6 heteroatoms. The molecular weight excluding hydrogens is 362 g/mol. The van der Waals surface area contributed by atoms with Crippen LogP contribution in [0.25, 0.3) is 0 Å². The zero-order chi connectivity index (χ0) is 19.6. The summed E-state index contributed by atoms with van der Waals surface area (Å²) in [6.07, 6.45) is 0.218. The summed E-state index contributed by atoms with van der Waals surface area (Å²) < 4.78 is 0. The van der Waals surface area contributed by atoms with Crippen molar-refractivity contribution in [3.05, 3.63) is 70.7 Å². The van der Waals surface area contributed by atoms with E-state index in [-0.39, 0.29) is 36.9 Å². The van der Waals surface area contributed by atoms with E-state index in [2.05, 4.69) is 29.8 Å². The maximum absolute atomic E-state index is 12.3. The van der Waals surface area contributed by atoms with Crippen LogP contribution in [0.3, 0.4) is 0 Å². The number of hydrogen-bond donors (Lipinski definition) is 3. The highest BCUT2D eigenvalue weighted by Gasteiger charge is 2.18. The fraction of sp³-hybridized carbons (Fsp3) is 0.333. The molecule has 0 aromatic heterocycles. The number of nitrogens with one attached hydrogen (secondary N) is 3. The van der Waals surface area contributed by atoms with Crippen molar-refractivity contribution in [3.63, 3.8) is 0 Å². The summed E-state index contributed by atoms with van der Waals surface area (Å²) in [7, 11) is 0. The van der Waals surface area contributed by atoms with Gasteiger partial charge in [-0.25, -0.2) is 4.79 Å². The second-order valence-corrected chi connectivity index (χ2v) is 7.12. The standard InChI is InChI=1S/C21H26ClN3O2/c1-15(2)20(17-8-10-18(22)11-9-17)25-19(26)12-13-23-21(27)24-14-16-6-4-3-5-7-16/h3-11,15,20H,12-14H2,1-2H3,(H,25,26)(H2,23,24,27). The maximum Gasteiger partial charge on any atom is 0.315 e. The topological polar surface area (TPSA) is 70.2 Å². The Labute approximate surface area is 165 Å². The van der Waals surface area contributed by atoms with E-state index in [1.165, 1.54) is 0 Å². The van der Waals surface area contributed by atoms with Gasteiger partial charge in [0.05, 0.1) is 6.04 Å². The summed E-state index contributed by atoms with van der Waals surface area (Å²) >= 11 is 5.93. The molecule has 2 aromatic rings. The van der Waals surface area contributed by atoms with Crippen molar-refractivity contribution >= 4 is 23.5 Å². The number of rotatable bonds is 8. The molecule has 2 rings (SSSR count). The predicted molar refractivity (Wildman–Crippen MR) is 108 cm³/mol. The summed E-state index contributed by atoms with van der Waals surface area (Å²) in [4.78, 5) is 24.1. The van der Waals surface area contributed by atoms with E-state index in [0.29, 0.717) is 11.6 Å². The second-order valence-electron chi connectivity index (χ2n) is 6.69. The molecule has 0 saturated carbocycles. The third kappa shape index (κ3) is 7.31. The second kappa shape index (κ2) is 10.6. The van der Waals surface area contributed by atoms with Gasteiger partial charge in [-0.05, 0) is 29.2 Å². The first-order valence-corrected chi connectivity index (χ1v) is 9.44. The molecule has 0 aliphatic heterocycles. The van der Waals surface area contributed by atoms with Crippen LogP contribution in [0, 0.1) is 5.92 Å². The van der Waals surface area contributed by atoms with Gasteiger partial charge in [0, 0.05) is 24.5 Å². The van der Waals surface area contributed by atoms with Crippen LogP contribution in [0.2, 0.25) is 5.02 Å². The Morgan fingerprint density at radius 2 is 1.63 bits per heavy atom. The summed E-state index contributed by atoms with van der Waals surface area (Å²) in [5.41, 5.74) is 2.03. The number of amides is 3. The van der Waals surface area contributed by atoms with Crippen LogP contribution in [0.4, 0.5) is 4.79 Å². The molecule has 144 valence electrons. The number of urea groups is 1. The molecule has 3 N–H and O–H groups in total. The van der Waals surface area contributed by atoms with E-state index in [1.54, 1.807) is 0 Å². The van der Waals surface area contributed by atoms with Crippen LogP contribution in [0.5, 0.6) is 0 Å². The number of carbonyl (C=O) groups is 2. The molecule has 0 heterocycles. The maximum atomic E-state index is 12.3. The van der Waals surface area contributed by atoms with Gasteiger partial charge in [-0.2, -0.15) is 0 Å². The zero-order valence-electron chi connectivity index (χ0n) is 15.7. The molecular formula is C21H26ClN3O2. The highest BCUT2D eigenvalue weighted by Crippen LogP contribution is 2.23. The molecule has 0 aliphatic carbocycles. The number of carbonyl (C=O) groups excluding carboxylic acids is 2. The number of halogens is 1. The van der Waals surface area contributed by atoms with E-state index in [4.69, 9.17) is 11.6 Å². The molecule has 5 nitrogen and oxygen atoms in total. The molecule has 0 bridgehead atoms. The average molecular weight is 388 g/mol. The summed E-state index contributed by atoms with van der Waals surface area (Å²) in [5, 5.41) is 9.17. The Balaban J connectivity index is 1.74. The van der Waals surface area contributed by atoms with Gasteiger partial charge in [0.15, 0.2) is 0 Å². The van der Waals surface area contributed by atoms with Gasteiger partial charge < -0.3 is 16.0 Å². The molecule has 0 spiro atoms. The Hall–Kier alpha value is -2.53. The summed E-state index contributed by atoms with van der Waals surface area (Å²) in [5.74, 6) is 0.129. The fourth-order valence-electron chi connectivity index (χ4n) is 2.68. The van der Waals surface area contributed by atoms with Crippen molar-refractivity contribution in [3.8, 4) is 0 Å².